The highest BCUT2D eigenvalue weighted by molar-refractivity contribution is 6.10. The molecule has 214 valence electrons. The van der Waals surface area contributed by atoms with E-state index in [-0.39, 0.29) is 0 Å². The van der Waals surface area contributed by atoms with Gasteiger partial charge in [-0.15, -0.1) is 0 Å². The number of aromatic nitrogens is 1. The Morgan fingerprint density at radius 2 is 1.02 bits per heavy atom. The topological polar surface area (TPSA) is 41.9 Å². The van der Waals surface area contributed by atoms with Gasteiger partial charge in [-0.25, -0.2) is 0 Å². The van der Waals surface area contributed by atoms with E-state index >= 15 is 0 Å². The monoisotopic (exact) mass is 586 g/mol. The van der Waals surface area contributed by atoms with Gasteiger partial charge in [0.1, 0.15) is 11.2 Å². The number of nitrogens with zero attached hydrogens (tertiary/aromatic N) is 2. The van der Waals surface area contributed by atoms with Crippen molar-refractivity contribution in [2.45, 2.75) is 0 Å². The highest BCUT2D eigenvalue weighted by Crippen LogP contribution is 2.38. The molecule has 0 atom stereocenters. The summed E-state index contributed by atoms with van der Waals surface area (Å²) in [6.07, 6.45) is 0. The van der Waals surface area contributed by atoms with Crippen molar-refractivity contribution in [3.8, 4) is 45.1 Å². The summed E-state index contributed by atoms with van der Waals surface area (Å²) < 4.78 is 8.54. The van der Waals surface area contributed by atoms with Gasteiger partial charge in [-0.1, -0.05) is 97.1 Å². The van der Waals surface area contributed by atoms with Crippen LogP contribution in [0.4, 0.5) is 0 Å². The molecule has 0 fully saturated rings. The van der Waals surface area contributed by atoms with E-state index in [0.29, 0.717) is 5.56 Å². The van der Waals surface area contributed by atoms with Crippen molar-refractivity contribution in [1.82, 2.24) is 4.57 Å². The predicted molar refractivity (Wildman–Crippen MR) is 189 cm³/mol. The standard InChI is InChI=1S/C43H26N2O/c44-27-31-10-1-2-13-35(31)30-12-9-11-28(22-30)32-23-33(29-20-21-43-39(26-29)38-16-5-8-19-42(38)46-43)25-34(24-32)45-40-17-6-3-14-36(40)37-15-4-7-18-41(37)45/h1-26H. The van der Waals surface area contributed by atoms with Crippen LogP contribution in [0.25, 0.3) is 82.8 Å². The van der Waals surface area contributed by atoms with Crippen LogP contribution in [0.2, 0.25) is 0 Å². The van der Waals surface area contributed by atoms with E-state index in [2.05, 4.69) is 132 Å². The Labute approximate surface area is 265 Å². The van der Waals surface area contributed by atoms with Crippen LogP contribution in [0.1, 0.15) is 5.56 Å². The van der Waals surface area contributed by atoms with Crippen LogP contribution in [0.5, 0.6) is 0 Å². The highest BCUT2D eigenvalue weighted by atomic mass is 16.3. The molecular weight excluding hydrogens is 560 g/mol. The van der Waals surface area contributed by atoms with Gasteiger partial charge < -0.3 is 8.98 Å². The number of para-hydroxylation sites is 3. The quantitative estimate of drug-likeness (QED) is 0.206. The molecule has 0 N–H and O–H groups in total. The molecule has 3 heteroatoms. The van der Waals surface area contributed by atoms with Crippen LogP contribution >= 0.6 is 0 Å². The first-order valence-electron chi connectivity index (χ1n) is 15.4. The fourth-order valence-electron chi connectivity index (χ4n) is 6.88. The van der Waals surface area contributed by atoms with Gasteiger partial charge >= 0.3 is 0 Å². The predicted octanol–water partition coefficient (Wildman–Crippen LogP) is 11.6. The van der Waals surface area contributed by atoms with E-state index in [1.807, 2.05) is 36.4 Å². The minimum atomic E-state index is 0.667. The largest absolute Gasteiger partial charge is 0.456 e. The normalized spacial score (nSPS) is 11.5. The lowest BCUT2D eigenvalue weighted by Crippen LogP contribution is -1.96. The van der Waals surface area contributed by atoms with Gasteiger partial charge in [-0.05, 0) is 94.0 Å². The lowest BCUT2D eigenvalue weighted by atomic mass is 9.93. The van der Waals surface area contributed by atoms with Crippen molar-refractivity contribution in [1.29, 1.82) is 5.26 Å². The number of fused-ring (bicyclic) bond motifs is 6. The first-order chi connectivity index (χ1) is 22.7. The number of nitriles is 1. The molecule has 0 aliphatic carbocycles. The summed E-state index contributed by atoms with van der Waals surface area (Å²) in [4.78, 5) is 0. The van der Waals surface area contributed by atoms with E-state index in [0.717, 1.165) is 61.0 Å². The molecule has 7 aromatic carbocycles. The average Bonchev–Trinajstić information content (AvgIpc) is 3.67. The second kappa shape index (κ2) is 10.4. The van der Waals surface area contributed by atoms with E-state index < -0.39 is 0 Å². The van der Waals surface area contributed by atoms with Crippen molar-refractivity contribution in [3.63, 3.8) is 0 Å². The number of benzene rings is 7. The molecular formula is C43H26N2O. The molecule has 0 radical (unpaired) electrons. The van der Waals surface area contributed by atoms with Crippen molar-refractivity contribution in [3.05, 3.63) is 163 Å². The van der Waals surface area contributed by atoms with E-state index in [4.69, 9.17) is 4.42 Å². The fraction of sp³-hybridized carbons (Fsp3) is 0. The van der Waals surface area contributed by atoms with Gasteiger partial charge in [-0.3, -0.25) is 0 Å². The van der Waals surface area contributed by atoms with Crippen LogP contribution < -0.4 is 0 Å². The third-order valence-corrected chi connectivity index (χ3v) is 9.02. The number of rotatable bonds is 4. The molecule has 2 aromatic heterocycles. The zero-order chi connectivity index (χ0) is 30.6. The van der Waals surface area contributed by atoms with Crippen molar-refractivity contribution in [2.75, 3.05) is 0 Å². The molecule has 0 amide bonds. The fourth-order valence-corrected chi connectivity index (χ4v) is 6.88. The summed E-state index contributed by atoms with van der Waals surface area (Å²) in [5.41, 5.74) is 12.2. The van der Waals surface area contributed by atoms with Crippen molar-refractivity contribution < 1.29 is 4.42 Å². The summed E-state index contributed by atoms with van der Waals surface area (Å²) in [7, 11) is 0. The Kier molecular flexibility index (Phi) is 5.88. The molecule has 0 saturated heterocycles. The highest BCUT2D eigenvalue weighted by Gasteiger charge is 2.16. The number of hydrogen-bond donors (Lipinski definition) is 0. The minimum absolute atomic E-state index is 0.667. The molecule has 0 spiro atoms. The molecule has 46 heavy (non-hydrogen) atoms. The Hall–Kier alpha value is -6.37. The van der Waals surface area contributed by atoms with E-state index in [1.54, 1.807) is 0 Å². The van der Waals surface area contributed by atoms with Crippen molar-refractivity contribution >= 4 is 43.7 Å². The van der Waals surface area contributed by atoms with Crippen molar-refractivity contribution in [2.24, 2.45) is 0 Å². The molecule has 0 aliphatic heterocycles. The first-order valence-corrected chi connectivity index (χ1v) is 15.4. The SMILES string of the molecule is N#Cc1ccccc1-c1cccc(-c2cc(-c3ccc4oc5ccccc5c4c3)cc(-n3c4ccccc4c4ccccc43)c2)c1. The number of hydrogen-bond acceptors (Lipinski definition) is 2. The molecule has 0 saturated carbocycles. The van der Waals surface area contributed by atoms with Gasteiger partial charge in [0.25, 0.3) is 0 Å². The van der Waals surface area contributed by atoms with Gasteiger partial charge in [0, 0.05) is 27.2 Å². The molecule has 2 heterocycles. The average molecular weight is 587 g/mol. The summed E-state index contributed by atoms with van der Waals surface area (Å²) in [5.74, 6) is 0. The minimum Gasteiger partial charge on any atom is -0.456 e. The van der Waals surface area contributed by atoms with Gasteiger partial charge in [0.15, 0.2) is 0 Å². The number of furan rings is 1. The maximum absolute atomic E-state index is 9.81. The first kappa shape index (κ1) is 26.1. The molecule has 0 unspecified atom stereocenters. The lowest BCUT2D eigenvalue weighted by molar-refractivity contribution is 0.669. The van der Waals surface area contributed by atoms with E-state index in [1.165, 1.54) is 21.8 Å². The Morgan fingerprint density at radius 1 is 0.435 bits per heavy atom. The van der Waals surface area contributed by atoms with Crippen LogP contribution in [-0.2, 0) is 0 Å². The maximum Gasteiger partial charge on any atom is 0.135 e. The lowest BCUT2D eigenvalue weighted by Gasteiger charge is -2.15. The van der Waals surface area contributed by atoms with Crippen LogP contribution in [0.15, 0.2) is 162 Å². The van der Waals surface area contributed by atoms with Gasteiger partial charge in [0.05, 0.1) is 22.7 Å². The molecule has 3 nitrogen and oxygen atoms in total. The Morgan fingerprint density at radius 3 is 1.78 bits per heavy atom. The zero-order valence-corrected chi connectivity index (χ0v) is 24.8. The second-order valence-corrected chi connectivity index (χ2v) is 11.7. The third-order valence-electron chi connectivity index (χ3n) is 9.02. The van der Waals surface area contributed by atoms with Crippen LogP contribution in [0.3, 0.4) is 0 Å². The summed E-state index contributed by atoms with van der Waals surface area (Å²) in [6, 6.07) is 57.4. The molecule has 9 rings (SSSR count). The Balaban J connectivity index is 1.31. The molecule has 0 aliphatic rings. The third kappa shape index (κ3) is 4.13. The maximum atomic E-state index is 9.81. The molecule has 0 bridgehead atoms. The van der Waals surface area contributed by atoms with Crippen LogP contribution in [0, 0.1) is 11.3 Å². The van der Waals surface area contributed by atoms with Crippen LogP contribution in [-0.4, -0.2) is 4.57 Å². The van der Waals surface area contributed by atoms with Gasteiger partial charge in [0.2, 0.25) is 0 Å². The smallest absolute Gasteiger partial charge is 0.135 e. The molecule has 9 aromatic rings. The van der Waals surface area contributed by atoms with Gasteiger partial charge in [-0.2, -0.15) is 5.26 Å². The summed E-state index contributed by atoms with van der Waals surface area (Å²) in [6.45, 7) is 0. The summed E-state index contributed by atoms with van der Waals surface area (Å²) in [5, 5.41) is 14.5. The Bertz CT molecular complexity index is 2610. The van der Waals surface area contributed by atoms with E-state index in [9.17, 15) is 5.26 Å². The zero-order valence-electron chi connectivity index (χ0n) is 24.8. The summed E-state index contributed by atoms with van der Waals surface area (Å²) >= 11 is 0. The second-order valence-electron chi connectivity index (χ2n) is 11.7.